The molecule has 1 saturated carbocycles. The molecule has 0 unspecified atom stereocenters. The predicted molar refractivity (Wildman–Crippen MR) is 125 cm³/mol. The molecule has 32 heavy (non-hydrogen) atoms. The van der Waals surface area contributed by atoms with Gasteiger partial charge in [0.25, 0.3) is 5.91 Å². The van der Waals surface area contributed by atoms with Gasteiger partial charge in [0.2, 0.25) is 5.95 Å². The van der Waals surface area contributed by atoms with Crippen LogP contribution < -0.4 is 20.9 Å². The first-order valence-corrected chi connectivity index (χ1v) is 11.9. The first-order chi connectivity index (χ1) is 15.6. The van der Waals surface area contributed by atoms with Crippen LogP contribution in [0.15, 0.2) is 0 Å². The van der Waals surface area contributed by atoms with E-state index in [0.717, 1.165) is 50.1 Å². The second-order valence-corrected chi connectivity index (χ2v) is 8.86. The second-order valence-electron chi connectivity index (χ2n) is 8.86. The normalized spacial score (nSPS) is 17.7. The van der Waals surface area contributed by atoms with Gasteiger partial charge in [-0.3, -0.25) is 9.48 Å². The first kappa shape index (κ1) is 22.7. The smallest absolute Gasteiger partial charge is 0.274 e. The molecule has 176 valence electrons. The van der Waals surface area contributed by atoms with Crippen LogP contribution in [0.2, 0.25) is 0 Å². The molecular formula is C22H36N8O2. The molecule has 1 aliphatic carbocycles. The molecule has 2 aromatic rings. The zero-order valence-corrected chi connectivity index (χ0v) is 19.5. The van der Waals surface area contributed by atoms with E-state index in [-0.39, 0.29) is 11.9 Å². The summed E-state index contributed by atoms with van der Waals surface area (Å²) in [5.41, 5.74) is 1.72. The molecule has 3 heterocycles. The highest BCUT2D eigenvalue weighted by Crippen LogP contribution is 2.29. The van der Waals surface area contributed by atoms with Gasteiger partial charge < -0.3 is 25.6 Å². The maximum absolute atomic E-state index is 13.3. The van der Waals surface area contributed by atoms with Crippen LogP contribution in [0.1, 0.15) is 55.9 Å². The number of anilines is 2. The number of fused-ring (bicyclic) bond motifs is 1. The number of hydrogen-bond donors (Lipinski definition) is 3. The molecule has 2 aliphatic rings. The lowest BCUT2D eigenvalue weighted by Gasteiger charge is -2.23. The Bertz CT molecular complexity index is 916. The van der Waals surface area contributed by atoms with E-state index in [1.165, 1.54) is 12.8 Å². The zero-order chi connectivity index (χ0) is 22.5. The molecular weight excluding hydrogens is 408 g/mol. The number of piperidine rings is 1. The van der Waals surface area contributed by atoms with E-state index in [4.69, 9.17) is 19.8 Å². The summed E-state index contributed by atoms with van der Waals surface area (Å²) in [7, 11) is 3.82. The molecule has 2 aromatic heterocycles. The standard InChI is InChI=1S/C22H36N8O2/c1-4-32-14-13-30-19-17(18(28-30)21(31)25-16-9-11-23-12-10-16)26-22(29(2)3)27-20(19)24-15-7-5-6-8-15/h15-16,23H,4-14H2,1-3H3,(H,25,31)(H,24,26,27). The molecule has 0 radical (unpaired) electrons. The minimum Gasteiger partial charge on any atom is -0.380 e. The van der Waals surface area contributed by atoms with Crippen LogP contribution in [0.4, 0.5) is 11.8 Å². The lowest BCUT2D eigenvalue weighted by Crippen LogP contribution is -2.42. The molecule has 1 amide bonds. The Balaban J connectivity index is 1.74. The van der Waals surface area contributed by atoms with Crippen molar-refractivity contribution in [1.82, 2.24) is 30.4 Å². The van der Waals surface area contributed by atoms with Gasteiger partial charge in [-0.2, -0.15) is 10.1 Å². The summed E-state index contributed by atoms with van der Waals surface area (Å²) in [6.07, 6.45) is 6.53. The molecule has 1 aliphatic heterocycles. The van der Waals surface area contributed by atoms with E-state index >= 15 is 0 Å². The van der Waals surface area contributed by atoms with Crippen molar-refractivity contribution in [2.24, 2.45) is 0 Å². The highest BCUT2D eigenvalue weighted by molar-refractivity contribution is 6.06. The van der Waals surface area contributed by atoms with E-state index in [2.05, 4.69) is 16.0 Å². The molecule has 3 N–H and O–H groups in total. The summed E-state index contributed by atoms with van der Waals surface area (Å²) in [5, 5.41) is 14.8. The average molecular weight is 445 g/mol. The molecule has 10 nitrogen and oxygen atoms in total. The molecule has 0 aromatic carbocycles. The molecule has 0 atom stereocenters. The largest absolute Gasteiger partial charge is 0.380 e. The fourth-order valence-electron chi connectivity index (χ4n) is 4.46. The number of aromatic nitrogens is 4. The summed E-state index contributed by atoms with van der Waals surface area (Å²) >= 11 is 0. The van der Waals surface area contributed by atoms with Gasteiger partial charge in [-0.15, -0.1) is 0 Å². The van der Waals surface area contributed by atoms with Gasteiger partial charge in [-0.05, 0) is 45.7 Å². The van der Waals surface area contributed by atoms with Gasteiger partial charge in [-0.1, -0.05) is 12.8 Å². The average Bonchev–Trinajstić information content (AvgIpc) is 3.42. The van der Waals surface area contributed by atoms with Gasteiger partial charge in [0.1, 0.15) is 11.0 Å². The fourth-order valence-corrected chi connectivity index (χ4v) is 4.46. The second kappa shape index (κ2) is 10.4. The monoisotopic (exact) mass is 444 g/mol. The highest BCUT2D eigenvalue weighted by Gasteiger charge is 2.27. The summed E-state index contributed by atoms with van der Waals surface area (Å²) in [4.78, 5) is 24.7. The zero-order valence-electron chi connectivity index (χ0n) is 19.5. The Morgan fingerprint density at radius 3 is 2.59 bits per heavy atom. The van der Waals surface area contributed by atoms with Gasteiger partial charge in [-0.25, -0.2) is 4.98 Å². The Labute approximate surface area is 189 Å². The van der Waals surface area contributed by atoms with E-state index in [9.17, 15) is 4.79 Å². The van der Waals surface area contributed by atoms with Crippen molar-refractivity contribution in [3.05, 3.63) is 5.69 Å². The third kappa shape index (κ3) is 5.12. The number of ether oxygens (including phenoxy) is 1. The van der Waals surface area contributed by atoms with Crippen LogP contribution in [-0.2, 0) is 11.3 Å². The van der Waals surface area contributed by atoms with E-state index in [1.807, 2.05) is 30.6 Å². The van der Waals surface area contributed by atoms with Gasteiger partial charge in [0.15, 0.2) is 11.5 Å². The molecule has 2 fully saturated rings. The van der Waals surface area contributed by atoms with E-state index < -0.39 is 0 Å². The number of carbonyl (C=O) groups excluding carboxylic acids is 1. The number of amides is 1. The third-order valence-corrected chi connectivity index (χ3v) is 6.21. The molecule has 0 spiro atoms. The van der Waals surface area contributed by atoms with Gasteiger partial charge in [0, 0.05) is 32.8 Å². The summed E-state index contributed by atoms with van der Waals surface area (Å²) in [6, 6.07) is 0.531. The third-order valence-electron chi connectivity index (χ3n) is 6.21. The topological polar surface area (TPSA) is 109 Å². The van der Waals surface area contributed by atoms with Crippen LogP contribution in [-0.4, -0.2) is 78.1 Å². The molecule has 10 heteroatoms. The quantitative estimate of drug-likeness (QED) is 0.502. The molecule has 0 bridgehead atoms. The maximum Gasteiger partial charge on any atom is 0.274 e. The van der Waals surface area contributed by atoms with Crippen LogP contribution >= 0.6 is 0 Å². The highest BCUT2D eigenvalue weighted by atomic mass is 16.5. The van der Waals surface area contributed by atoms with Gasteiger partial charge >= 0.3 is 0 Å². The van der Waals surface area contributed by atoms with Crippen molar-refractivity contribution in [3.63, 3.8) is 0 Å². The van der Waals surface area contributed by atoms with Crippen molar-refractivity contribution in [3.8, 4) is 0 Å². The van der Waals surface area contributed by atoms with Crippen molar-refractivity contribution < 1.29 is 9.53 Å². The van der Waals surface area contributed by atoms with Crippen molar-refractivity contribution in [2.75, 3.05) is 50.6 Å². The number of nitrogens with one attached hydrogen (secondary N) is 3. The lowest BCUT2D eigenvalue weighted by atomic mass is 10.1. The predicted octanol–water partition coefficient (Wildman–Crippen LogP) is 1.77. The Hall–Kier alpha value is -2.46. The SMILES string of the molecule is CCOCCn1nc(C(=O)NC2CCNCC2)c2nc(N(C)C)nc(NC3CCCC3)c21. The van der Waals surface area contributed by atoms with Crippen molar-refractivity contribution in [2.45, 2.75) is 64.1 Å². The fraction of sp³-hybridized carbons (Fsp3) is 0.727. The van der Waals surface area contributed by atoms with E-state index in [0.29, 0.717) is 43.0 Å². The number of nitrogens with zero attached hydrogens (tertiary/aromatic N) is 5. The van der Waals surface area contributed by atoms with Crippen LogP contribution in [0, 0.1) is 0 Å². The maximum atomic E-state index is 13.3. The van der Waals surface area contributed by atoms with E-state index in [1.54, 1.807) is 0 Å². The Morgan fingerprint density at radius 1 is 1.16 bits per heavy atom. The van der Waals surface area contributed by atoms with Crippen LogP contribution in [0.5, 0.6) is 0 Å². The first-order valence-electron chi connectivity index (χ1n) is 11.9. The number of rotatable bonds is 9. The summed E-state index contributed by atoms with van der Waals surface area (Å²) in [5.74, 6) is 1.14. The van der Waals surface area contributed by atoms with Crippen molar-refractivity contribution >= 4 is 28.7 Å². The summed E-state index contributed by atoms with van der Waals surface area (Å²) in [6.45, 7) is 5.49. The minimum atomic E-state index is -0.174. The molecule has 4 rings (SSSR count). The molecule has 1 saturated heterocycles. The van der Waals surface area contributed by atoms with Gasteiger partial charge in [0.05, 0.1) is 13.2 Å². The lowest BCUT2D eigenvalue weighted by molar-refractivity contribution is 0.0923. The van der Waals surface area contributed by atoms with Crippen molar-refractivity contribution in [1.29, 1.82) is 0 Å². The number of carbonyl (C=O) groups is 1. The Kier molecular flexibility index (Phi) is 7.41. The number of hydrogen-bond acceptors (Lipinski definition) is 8. The van der Waals surface area contributed by atoms with Crippen LogP contribution in [0.3, 0.4) is 0 Å². The van der Waals surface area contributed by atoms with Crippen LogP contribution in [0.25, 0.3) is 11.0 Å². The Morgan fingerprint density at radius 2 is 1.91 bits per heavy atom. The summed E-state index contributed by atoms with van der Waals surface area (Å²) < 4.78 is 7.41. The minimum absolute atomic E-state index is 0.151.